The predicted octanol–water partition coefficient (Wildman–Crippen LogP) is 2.34. The van der Waals surface area contributed by atoms with Gasteiger partial charge in [0, 0.05) is 19.1 Å². The van der Waals surface area contributed by atoms with Gasteiger partial charge in [0.15, 0.2) is 5.43 Å². The molecule has 0 unspecified atom stereocenters. The molecule has 0 amide bonds. The van der Waals surface area contributed by atoms with E-state index in [2.05, 4.69) is 0 Å². The van der Waals surface area contributed by atoms with E-state index in [4.69, 9.17) is 9.15 Å². The molecule has 2 aromatic rings. The Bertz CT molecular complexity index is 652. The highest BCUT2D eigenvalue weighted by Crippen LogP contribution is 2.24. The van der Waals surface area contributed by atoms with Crippen LogP contribution in [0.25, 0.3) is 11.0 Å². The molecular weight excluding hydrogens is 220 g/mol. The molecule has 0 radical (unpaired) electrons. The fourth-order valence-electron chi connectivity index (χ4n) is 1.68. The SMILES string of the molecule is CC(=O)Oc1cc2oc(C)cc(=O)c2cc1C. The van der Waals surface area contributed by atoms with Gasteiger partial charge in [-0.1, -0.05) is 0 Å². The molecule has 88 valence electrons. The quantitative estimate of drug-likeness (QED) is 0.559. The number of rotatable bonds is 1. The lowest BCUT2D eigenvalue weighted by molar-refractivity contribution is -0.131. The van der Waals surface area contributed by atoms with Gasteiger partial charge in [0.25, 0.3) is 0 Å². The summed E-state index contributed by atoms with van der Waals surface area (Å²) in [4.78, 5) is 22.6. The van der Waals surface area contributed by atoms with Gasteiger partial charge in [0.1, 0.15) is 17.1 Å². The molecule has 0 saturated carbocycles. The molecule has 0 spiro atoms. The van der Waals surface area contributed by atoms with Gasteiger partial charge in [-0.3, -0.25) is 9.59 Å². The van der Waals surface area contributed by atoms with Crippen LogP contribution in [0.15, 0.2) is 27.4 Å². The van der Waals surface area contributed by atoms with Crippen molar-refractivity contribution in [1.29, 1.82) is 0 Å². The first-order valence-electron chi connectivity index (χ1n) is 5.21. The Morgan fingerprint density at radius 2 is 1.94 bits per heavy atom. The lowest BCUT2D eigenvalue weighted by Gasteiger charge is -2.06. The number of carbonyl (C=O) groups is 1. The average molecular weight is 232 g/mol. The van der Waals surface area contributed by atoms with E-state index in [1.54, 1.807) is 26.0 Å². The number of hydrogen-bond donors (Lipinski definition) is 0. The van der Waals surface area contributed by atoms with Crippen LogP contribution in [0.5, 0.6) is 5.75 Å². The summed E-state index contributed by atoms with van der Waals surface area (Å²) in [5.74, 6) is 0.543. The third kappa shape index (κ3) is 2.20. The lowest BCUT2D eigenvalue weighted by Crippen LogP contribution is -2.05. The van der Waals surface area contributed by atoms with Crippen molar-refractivity contribution in [2.45, 2.75) is 20.8 Å². The smallest absolute Gasteiger partial charge is 0.308 e. The normalized spacial score (nSPS) is 10.5. The van der Waals surface area contributed by atoms with Gasteiger partial charge in [-0.15, -0.1) is 0 Å². The Morgan fingerprint density at radius 3 is 2.59 bits per heavy atom. The van der Waals surface area contributed by atoms with Gasteiger partial charge >= 0.3 is 5.97 Å². The Kier molecular flexibility index (Phi) is 2.71. The number of fused-ring (bicyclic) bond motifs is 1. The molecule has 0 aliphatic heterocycles. The van der Waals surface area contributed by atoms with Crippen molar-refractivity contribution in [3.63, 3.8) is 0 Å². The van der Waals surface area contributed by atoms with Crippen LogP contribution in [0.4, 0.5) is 0 Å². The van der Waals surface area contributed by atoms with Gasteiger partial charge in [-0.05, 0) is 25.5 Å². The molecule has 1 aromatic heterocycles. The minimum atomic E-state index is -0.401. The number of hydrogen-bond acceptors (Lipinski definition) is 4. The minimum Gasteiger partial charge on any atom is -0.461 e. The van der Waals surface area contributed by atoms with Crippen molar-refractivity contribution >= 4 is 16.9 Å². The van der Waals surface area contributed by atoms with E-state index in [9.17, 15) is 9.59 Å². The molecule has 0 saturated heterocycles. The molecule has 4 heteroatoms. The third-order valence-corrected chi connectivity index (χ3v) is 2.40. The monoisotopic (exact) mass is 232 g/mol. The number of esters is 1. The molecule has 17 heavy (non-hydrogen) atoms. The van der Waals surface area contributed by atoms with Crippen molar-refractivity contribution in [1.82, 2.24) is 0 Å². The fraction of sp³-hybridized carbons (Fsp3) is 0.231. The van der Waals surface area contributed by atoms with Gasteiger partial charge in [0.05, 0.1) is 5.39 Å². The molecule has 4 nitrogen and oxygen atoms in total. The Labute approximate surface area is 97.8 Å². The van der Waals surface area contributed by atoms with Crippen LogP contribution in [-0.4, -0.2) is 5.97 Å². The fourth-order valence-corrected chi connectivity index (χ4v) is 1.68. The number of benzene rings is 1. The molecule has 1 aromatic carbocycles. The average Bonchev–Trinajstić information content (AvgIpc) is 2.20. The highest BCUT2D eigenvalue weighted by molar-refractivity contribution is 5.81. The molecule has 0 fully saturated rings. The number of carbonyl (C=O) groups excluding carboxylic acids is 1. The van der Waals surface area contributed by atoms with E-state index in [0.29, 0.717) is 22.5 Å². The summed E-state index contributed by atoms with van der Waals surface area (Å²) < 4.78 is 10.5. The van der Waals surface area contributed by atoms with E-state index in [0.717, 1.165) is 5.56 Å². The lowest BCUT2D eigenvalue weighted by atomic mass is 10.1. The summed E-state index contributed by atoms with van der Waals surface area (Å²) in [5, 5.41) is 0.490. The molecule has 1 heterocycles. The van der Waals surface area contributed by atoms with Crippen molar-refractivity contribution in [3.05, 3.63) is 39.7 Å². The summed E-state index contributed by atoms with van der Waals surface area (Å²) in [7, 11) is 0. The Balaban J connectivity index is 2.71. The van der Waals surface area contributed by atoms with Crippen LogP contribution in [-0.2, 0) is 4.79 Å². The topological polar surface area (TPSA) is 56.5 Å². The van der Waals surface area contributed by atoms with E-state index >= 15 is 0 Å². The van der Waals surface area contributed by atoms with Gasteiger partial charge in [0.2, 0.25) is 0 Å². The second-order valence-corrected chi connectivity index (χ2v) is 3.93. The zero-order valence-corrected chi connectivity index (χ0v) is 9.87. The Hall–Kier alpha value is -2.10. The number of ether oxygens (including phenoxy) is 1. The summed E-state index contributed by atoms with van der Waals surface area (Å²) in [6.07, 6.45) is 0. The van der Waals surface area contributed by atoms with E-state index in [-0.39, 0.29) is 5.43 Å². The van der Waals surface area contributed by atoms with Gasteiger partial charge in [-0.2, -0.15) is 0 Å². The zero-order chi connectivity index (χ0) is 12.6. The summed E-state index contributed by atoms with van der Waals surface area (Å²) in [5.41, 5.74) is 1.06. The van der Waals surface area contributed by atoms with Crippen LogP contribution >= 0.6 is 0 Å². The van der Waals surface area contributed by atoms with Crippen LogP contribution in [0, 0.1) is 13.8 Å². The first-order valence-corrected chi connectivity index (χ1v) is 5.21. The molecule has 0 N–H and O–H groups in total. The molecule has 0 atom stereocenters. The molecule has 0 bridgehead atoms. The maximum Gasteiger partial charge on any atom is 0.308 e. The molecule has 0 aliphatic rings. The van der Waals surface area contributed by atoms with Crippen molar-refractivity contribution in [3.8, 4) is 5.75 Å². The van der Waals surface area contributed by atoms with E-state index < -0.39 is 5.97 Å². The third-order valence-electron chi connectivity index (χ3n) is 2.40. The van der Waals surface area contributed by atoms with Gasteiger partial charge in [-0.25, -0.2) is 0 Å². The van der Waals surface area contributed by atoms with E-state index in [1.165, 1.54) is 13.0 Å². The second kappa shape index (κ2) is 4.05. The van der Waals surface area contributed by atoms with Gasteiger partial charge < -0.3 is 9.15 Å². The van der Waals surface area contributed by atoms with Crippen molar-refractivity contribution < 1.29 is 13.9 Å². The maximum atomic E-state index is 11.7. The highest BCUT2D eigenvalue weighted by atomic mass is 16.5. The molecule has 0 aliphatic carbocycles. The van der Waals surface area contributed by atoms with Crippen LogP contribution in [0.1, 0.15) is 18.2 Å². The second-order valence-electron chi connectivity index (χ2n) is 3.93. The minimum absolute atomic E-state index is 0.0961. The first-order chi connectivity index (χ1) is 7.97. The van der Waals surface area contributed by atoms with Crippen molar-refractivity contribution in [2.75, 3.05) is 0 Å². The summed E-state index contributed by atoms with van der Waals surface area (Å²) in [6, 6.07) is 4.67. The van der Waals surface area contributed by atoms with E-state index in [1.807, 2.05) is 0 Å². The summed E-state index contributed by atoms with van der Waals surface area (Å²) >= 11 is 0. The Morgan fingerprint density at radius 1 is 1.24 bits per heavy atom. The largest absolute Gasteiger partial charge is 0.461 e. The molecule has 2 rings (SSSR count). The highest BCUT2D eigenvalue weighted by Gasteiger charge is 2.09. The summed E-state index contributed by atoms with van der Waals surface area (Å²) in [6.45, 7) is 4.80. The predicted molar refractivity (Wildman–Crippen MR) is 63.3 cm³/mol. The van der Waals surface area contributed by atoms with Crippen LogP contribution in [0.3, 0.4) is 0 Å². The van der Waals surface area contributed by atoms with Crippen LogP contribution in [0.2, 0.25) is 0 Å². The molecular formula is C13H12O4. The maximum absolute atomic E-state index is 11.7. The first kappa shape index (κ1) is 11.4. The van der Waals surface area contributed by atoms with Crippen LogP contribution < -0.4 is 10.2 Å². The standard InChI is InChI=1S/C13H12O4/c1-7-4-10-11(15)5-8(2)16-13(10)6-12(7)17-9(3)14/h4-6H,1-3H3. The van der Waals surface area contributed by atoms with Crippen molar-refractivity contribution in [2.24, 2.45) is 0 Å². The number of aryl methyl sites for hydroxylation is 2. The zero-order valence-electron chi connectivity index (χ0n) is 9.87.